The van der Waals surface area contributed by atoms with Crippen LogP contribution in [0.4, 0.5) is 0 Å². The first-order chi connectivity index (χ1) is 14.2. The first kappa shape index (κ1) is 31.9. The van der Waals surface area contributed by atoms with E-state index in [4.69, 9.17) is 4.74 Å². The van der Waals surface area contributed by atoms with Crippen LogP contribution in [0.1, 0.15) is 155 Å². The third-order valence-electron chi connectivity index (χ3n) is 5.70. The quantitative estimate of drug-likeness (QED) is 0.0680. The van der Waals surface area contributed by atoms with Crippen molar-refractivity contribution in [2.24, 2.45) is 0 Å². The van der Waals surface area contributed by atoms with Crippen molar-refractivity contribution in [3.05, 3.63) is 0 Å². The second kappa shape index (κ2) is 26.8. The van der Waals surface area contributed by atoms with Gasteiger partial charge in [0, 0.05) is 32.3 Å². The molecule has 0 bridgehead atoms. The zero-order chi connectivity index (χ0) is 21.4. The first-order valence-electron chi connectivity index (χ1n) is 12.9. The van der Waals surface area contributed by atoms with Crippen LogP contribution in [0.25, 0.3) is 0 Å². The molecule has 4 heteroatoms. The maximum Gasteiger partial charge on any atom is 0.313 e. The van der Waals surface area contributed by atoms with E-state index in [1.807, 2.05) is 0 Å². The molecule has 0 saturated heterocycles. The Morgan fingerprint density at radius 3 is 0.933 bits per heavy atom. The summed E-state index contributed by atoms with van der Waals surface area (Å²) in [5, 5.41) is 0. The summed E-state index contributed by atoms with van der Waals surface area (Å²) in [5.74, 6) is -0.664. The second-order valence-corrected chi connectivity index (χ2v) is 8.71. The number of carbonyl (C=O) groups excluding carboxylic acids is 2. The summed E-state index contributed by atoms with van der Waals surface area (Å²) in [5.41, 5.74) is 0. The molecule has 30 heavy (non-hydrogen) atoms. The zero-order valence-electron chi connectivity index (χ0n) is 20.5. The van der Waals surface area contributed by atoms with Gasteiger partial charge in [0.2, 0.25) is 0 Å². The summed E-state index contributed by atoms with van der Waals surface area (Å²) >= 11 is 0. The number of hydrogen-bond acceptors (Lipinski definition) is 3. The number of esters is 2. The van der Waals surface area contributed by atoms with Crippen LogP contribution in [0.3, 0.4) is 0 Å². The molecule has 0 aliphatic heterocycles. The van der Waals surface area contributed by atoms with Crippen molar-refractivity contribution in [3.63, 3.8) is 0 Å². The van der Waals surface area contributed by atoms with E-state index in [2.05, 4.69) is 13.8 Å². The molecule has 0 heterocycles. The maximum absolute atomic E-state index is 11.7. The Morgan fingerprint density at radius 1 is 0.433 bits per heavy atom. The summed E-state index contributed by atoms with van der Waals surface area (Å²) in [6.07, 6.45) is 25.6. The average molecular weight is 476 g/mol. The standard InChI is InChI=1S/C26H50O3.Zn/c1-3-5-7-9-11-13-14-16-18-20-22-24-26(28)29-25(27)23-21-19-17-15-12-10-8-6-4-2;/h3-24H2,1-2H3;. The predicted octanol–water partition coefficient (Wildman–Crippen LogP) is 8.68. The van der Waals surface area contributed by atoms with Crippen LogP contribution in [-0.2, 0) is 33.8 Å². The molecule has 0 rings (SSSR count). The van der Waals surface area contributed by atoms with Gasteiger partial charge in [0.1, 0.15) is 0 Å². The fourth-order valence-electron chi connectivity index (χ4n) is 3.74. The SMILES string of the molecule is CCCCCCCCCCCCCC(=O)OC(=O)CCCCCCCCCCC.[Zn]. The third-order valence-corrected chi connectivity index (χ3v) is 5.70. The van der Waals surface area contributed by atoms with Crippen molar-refractivity contribution in [2.45, 2.75) is 155 Å². The van der Waals surface area contributed by atoms with Crippen LogP contribution < -0.4 is 0 Å². The monoisotopic (exact) mass is 474 g/mol. The minimum Gasteiger partial charge on any atom is -0.393 e. The van der Waals surface area contributed by atoms with Gasteiger partial charge >= 0.3 is 11.9 Å². The summed E-state index contributed by atoms with van der Waals surface area (Å²) in [7, 11) is 0. The van der Waals surface area contributed by atoms with Crippen LogP contribution in [0, 0.1) is 0 Å². The minimum atomic E-state index is -0.332. The van der Waals surface area contributed by atoms with Crippen molar-refractivity contribution in [1.29, 1.82) is 0 Å². The van der Waals surface area contributed by atoms with E-state index in [9.17, 15) is 9.59 Å². The summed E-state index contributed by atoms with van der Waals surface area (Å²) in [6, 6.07) is 0. The van der Waals surface area contributed by atoms with Crippen molar-refractivity contribution in [2.75, 3.05) is 0 Å². The fraction of sp³-hybridized carbons (Fsp3) is 0.923. The van der Waals surface area contributed by atoms with Crippen molar-refractivity contribution in [3.8, 4) is 0 Å². The number of hydrogen-bond donors (Lipinski definition) is 0. The van der Waals surface area contributed by atoms with Gasteiger partial charge in [0.25, 0.3) is 0 Å². The van der Waals surface area contributed by atoms with Gasteiger partial charge in [-0.1, -0.05) is 129 Å². The van der Waals surface area contributed by atoms with E-state index in [1.165, 1.54) is 103 Å². The Kier molecular flexibility index (Phi) is 28.5. The summed E-state index contributed by atoms with van der Waals surface area (Å²) in [6.45, 7) is 4.49. The normalized spacial score (nSPS) is 10.6. The third kappa shape index (κ3) is 25.8. The first-order valence-corrected chi connectivity index (χ1v) is 12.9. The average Bonchev–Trinajstić information content (AvgIpc) is 2.70. The Hall–Kier alpha value is -0.237. The van der Waals surface area contributed by atoms with Crippen LogP contribution >= 0.6 is 0 Å². The Labute approximate surface area is 200 Å². The van der Waals surface area contributed by atoms with Gasteiger partial charge < -0.3 is 4.74 Å². The largest absolute Gasteiger partial charge is 0.393 e. The molecule has 0 unspecified atom stereocenters. The molecule has 0 aliphatic carbocycles. The van der Waals surface area contributed by atoms with Gasteiger partial charge in [-0.05, 0) is 12.8 Å². The van der Waals surface area contributed by atoms with Crippen molar-refractivity contribution >= 4 is 11.9 Å². The Morgan fingerprint density at radius 2 is 0.667 bits per heavy atom. The Bertz CT molecular complexity index is 371. The van der Waals surface area contributed by atoms with E-state index in [0.717, 1.165) is 25.7 Å². The van der Waals surface area contributed by atoms with Gasteiger partial charge in [-0.25, -0.2) is 0 Å². The maximum atomic E-state index is 11.7. The Balaban J connectivity index is 0. The molecule has 3 nitrogen and oxygen atoms in total. The molecular weight excluding hydrogens is 426 g/mol. The number of ether oxygens (including phenoxy) is 1. The molecule has 0 aromatic carbocycles. The predicted molar refractivity (Wildman–Crippen MR) is 124 cm³/mol. The summed E-state index contributed by atoms with van der Waals surface area (Å²) < 4.78 is 4.94. The molecular formula is C26H50O3Zn. The molecule has 0 aromatic rings. The zero-order valence-corrected chi connectivity index (χ0v) is 23.5. The van der Waals surface area contributed by atoms with Gasteiger partial charge in [0.15, 0.2) is 0 Å². The molecule has 0 spiro atoms. The van der Waals surface area contributed by atoms with Crippen LogP contribution in [0.15, 0.2) is 0 Å². The smallest absolute Gasteiger partial charge is 0.313 e. The topological polar surface area (TPSA) is 43.4 Å². The van der Waals surface area contributed by atoms with E-state index in [-0.39, 0.29) is 31.4 Å². The van der Waals surface area contributed by atoms with Gasteiger partial charge in [0.05, 0.1) is 0 Å². The van der Waals surface area contributed by atoms with E-state index in [1.54, 1.807) is 0 Å². The van der Waals surface area contributed by atoms with Crippen LogP contribution in [-0.4, -0.2) is 11.9 Å². The van der Waals surface area contributed by atoms with Gasteiger partial charge in [-0.2, -0.15) is 0 Å². The molecule has 0 fully saturated rings. The molecule has 174 valence electrons. The fourth-order valence-corrected chi connectivity index (χ4v) is 3.74. The molecule has 0 aliphatic rings. The van der Waals surface area contributed by atoms with Crippen molar-refractivity contribution < 1.29 is 33.8 Å². The number of carbonyl (C=O) groups is 2. The summed E-state index contributed by atoms with van der Waals surface area (Å²) in [4.78, 5) is 23.4. The van der Waals surface area contributed by atoms with Gasteiger partial charge in [-0.15, -0.1) is 0 Å². The molecule has 0 N–H and O–H groups in total. The van der Waals surface area contributed by atoms with E-state index in [0.29, 0.717) is 12.8 Å². The van der Waals surface area contributed by atoms with Gasteiger partial charge in [-0.3, -0.25) is 9.59 Å². The number of rotatable bonds is 22. The van der Waals surface area contributed by atoms with E-state index >= 15 is 0 Å². The van der Waals surface area contributed by atoms with Crippen LogP contribution in [0.5, 0.6) is 0 Å². The molecule has 0 atom stereocenters. The van der Waals surface area contributed by atoms with E-state index < -0.39 is 0 Å². The molecule has 0 aromatic heterocycles. The molecule has 0 saturated carbocycles. The second-order valence-electron chi connectivity index (χ2n) is 8.71. The number of unbranched alkanes of at least 4 members (excludes halogenated alkanes) is 18. The molecule has 0 amide bonds. The van der Waals surface area contributed by atoms with Crippen molar-refractivity contribution in [1.82, 2.24) is 0 Å². The molecule has 0 radical (unpaired) electrons. The minimum absolute atomic E-state index is 0. The van der Waals surface area contributed by atoms with Crippen LogP contribution in [0.2, 0.25) is 0 Å².